The summed E-state index contributed by atoms with van der Waals surface area (Å²) in [6.07, 6.45) is 5.13. The van der Waals surface area contributed by atoms with Gasteiger partial charge in [-0.1, -0.05) is 6.92 Å². The van der Waals surface area contributed by atoms with E-state index in [1.165, 1.54) is 0 Å². The van der Waals surface area contributed by atoms with Gasteiger partial charge in [0, 0.05) is 19.4 Å². The molecule has 1 saturated heterocycles. The van der Waals surface area contributed by atoms with Crippen molar-refractivity contribution in [3.05, 3.63) is 24.0 Å². The Kier molecular flexibility index (Phi) is 5.61. The molecular weight excluding hydrogens is 240 g/mol. The lowest BCUT2D eigenvalue weighted by Crippen LogP contribution is -2.33. The van der Waals surface area contributed by atoms with Crippen LogP contribution in [-0.2, 0) is 4.74 Å². The van der Waals surface area contributed by atoms with Gasteiger partial charge in [-0.15, -0.1) is 0 Å². The Labute approximate surface area is 115 Å². The molecular formula is C15H24N2O2. The molecule has 0 saturated carbocycles. The first-order valence-corrected chi connectivity index (χ1v) is 7.16. The normalized spacial score (nSPS) is 18.2. The number of ether oxygens (including phenoxy) is 2. The van der Waals surface area contributed by atoms with Gasteiger partial charge in [0.25, 0.3) is 0 Å². The maximum atomic E-state index is 5.47. The molecule has 0 radical (unpaired) electrons. The van der Waals surface area contributed by atoms with Crippen LogP contribution in [0.3, 0.4) is 0 Å². The zero-order chi connectivity index (χ0) is 13.5. The summed E-state index contributed by atoms with van der Waals surface area (Å²) in [5.41, 5.74) is 1.03. The molecule has 0 aromatic carbocycles. The zero-order valence-corrected chi connectivity index (χ0v) is 11.9. The summed E-state index contributed by atoms with van der Waals surface area (Å²) in [5.74, 6) is 1.45. The summed E-state index contributed by atoms with van der Waals surface area (Å²) in [4.78, 5) is 4.55. The third kappa shape index (κ3) is 3.67. The minimum Gasteiger partial charge on any atom is -0.495 e. The quantitative estimate of drug-likeness (QED) is 0.857. The summed E-state index contributed by atoms with van der Waals surface area (Å²) in [5, 5.41) is 3.63. The molecule has 1 fully saturated rings. The van der Waals surface area contributed by atoms with E-state index in [1.54, 1.807) is 7.11 Å². The van der Waals surface area contributed by atoms with Crippen LogP contribution in [0.25, 0.3) is 0 Å². The Morgan fingerprint density at radius 2 is 2.26 bits per heavy atom. The minimum absolute atomic E-state index is 0.264. The summed E-state index contributed by atoms with van der Waals surface area (Å²) in [6, 6.07) is 4.17. The number of rotatable bonds is 6. The van der Waals surface area contributed by atoms with Crippen LogP contribution >= 0.6 is 0 Å². The fourth-order valence-electron chi connectivity index (χ4n) is 2.64. The van der Waals surface area contributed by atoms with E-state index in [4.69, 9.17) is 9.47 Å². The molecule has 1 unspecified atom stereocenters. The van der Waals surface area contributed by atoms with Gasteiger partial charge in [-0.05, 0) is 43.9 Å². The topological polar surface area (TPSA) is 43.4 Å². The molecule has 0 spiro atoms. The summed E-state index contributed by atoms with van der Waals surface area (Å²) >= 11 is 0. The van der Waals surface area contributed by atoms with Crippen LogP contribution in [0.1, 0.15) is 37.9 Å². The van der Waals surface area contributed by atoms with Gasteiger partial charge in [0.05, 0.1) is 18.8 Å². The first kappa shape index (κ1) is 14.3. The molecule has 1 atom stereocenters. The SMILES string of the molecule is CCCNC(c1ncccc1OC)C1CCOCC1. The fourth-order valence-corrected chi connectivity index (χ4v) is 2.64. The van der Waals surface area contributed by atoms with Crippen LogP contribution < -0.4 is 10.1 Å². The maximum absolute atomic E-state index is 5.47. The van der Waals surface area contributed by atoms with E-state index >= 15 is 0 Å². The van der Waals surface area contributed by atoms with Crippen molar-refractivity contribution in [2.75, 3.05) is 26.9 Å². The molecule has 2 heterocycles. The second-order valence-corrected chi connectivity index (χ2v) is 4.97. The molecule has 106 valence electrons. The van der Waals surface area contributed by atoms with E-state index in [0.29, 0.717) is 5.92 Å². The molecule has 1 aliphatic heterocycles. The van der Waals surface area contributed by atoms with E-state index in [0.717, 1.165) is 50.5 Å². The summed E-state index contributed by atoms with van der Waals surface area (Å²) < 4.78 is 10.9. The minimum atomic E-state index is 0.264. The van der Waals surface area contributed by atoms with Crippen LogP contribution in [0.5, 0.6) is 5.75 Å². The number of nitrogens with zero attached hydrogens (tertiary/aromatic N) is 1. The van der Waals surface area contributed by atoms with Crippen molar-refractivity contribution in [1.29, 1.82) is 0 Å². The van der Waals surface area contributed by atoms with Crippen LogP contribution in [0.4, 0.5) is 0 Å². The highest BCUT2D eigenvalue weighted by molar-refractivity contribution is 5.30. The van der Waals surface area contributed by atoms with Gasteiger partial charge in [0.1, 0.15) is 5.75 Å². The van der Waals surface area contributed by atoms with Gasteiger partial charge in [0.15, 0.2) is 0 Å². The first-order valence-electron chi connectivity index (χ1n) is 7.16. The lowest BCUT2D eigenvalue weighted by Gasteiger charge is -2.31. The maximum Gasteiger partial charge on any atom is 0.141 e. The van der Waals surface area contributed by atoms with Crippen molar-refractivity contribution in [1.82, 2.24) is 10.3 Å². The van der Waals surface area contributed by atoms with Gasteiger partial charge in [0.2, 0.25) is 0 Å². The standard InChI is InChI=1S/C15H24N2O2/c1-3-8-16-14(12-6-10-19-11-7-12)15-13(18-2)5-4-9-17-15/h4-5,9,12,14,16H,3,6-8,10-11H2,1-2H3. The van der Waals surface area contributed by atoms with Gasteiger partial charge in [-0.25, -0.2) is 0 Å². The lowest BCUT2D eigenvalue weighted by molar-refractivity contribution is 0.0527. The van der Waals surface area contributed by atoms with Crippen molar-refractivity contribution < 1.29 is 9.47 Å². The van der Waals surface area contributed by atoms with E-state index < -0.39 is 0 Å². The number of nitrogens with one attached hydrogen (secondary N) is 1. The predicted octanol–water partition coefficient (Wildman–Crippen LogP) is 2.56. The largest absolute Gasteiger partial charge is 0.495 e. The first-order chi connectivity index (χ1) is 9.36. The van der Waals surface area contributed by atoms with Crippen LogP contribution in [0.15, 0.2) is 18.3 Å². The summed E-state index contributed by atoms with van der Waals surface area (Å²) in [6.45, 7) is 4.89. The third-order valence-corrected chi connectivity index (χ3v) is 3.67. The average Bonchev–Trinajstić information content (AvgIpc) is 2.49. The predicted molar refractivity (Wildman–Crippen MR) is 75.4 cm³/mol. The Bertz CT molecular complexity index is 378. The zero-order valence-electron chi connectivity index (χ0n) is 11.9. The van der Waals surface area contributed by atoms with E-state index in [2.05, 4.69) is 17.2 Å². The second-order valence-electron chi connectivity index (χ2n) is 4.97. The summed E-state index contributed by atoms with van der Waals surface area (Å²) in [7, 11) is 1.71. The molecule has 19 heavy (non-hydrogen) atoms. The van der Waals surface area contributed by atoms with Crippen LogP contribution in [0, 0.1) is 5.92 Å². The molecule has 0 amide bonds. The van der Waals surface area contributed by atoms with Gasteiger partial charge in [-0.2, -0.15) is 0 Å². The number of pyridine rings is 1. The fraction of sp³-hybridized carbons (Fsp3) is 0.667. The highest BCUT2D eigenvalue weighted by Crippen LogP contribution is 2.33. The molecule has 1 aliphatic rings. The molecule has 1 aromatic heterocycles. The van der Waals surface area contributed by atoms with Crippen molar-refractivity contribution in [3.8, 4) is 5.75 Å². The van der Waals surface area contributed by atoms with Crippen LogP contribution in [0.2, 0.25) is 0 Å². The molecule has 1 N–H and O–H groups in total. The number of hydrogen-bond acceptors (Lipinski definition) is 4. The van der Waals surface area contributed by atoms with Crippen molar-refractivity contribution in [3.63, 3.8) is 0 Å². The average molecular weight is 264 g/mol. The number of hydrogen-bond donors (Lipinski definition) is 1. The number of methoxy groups -OCH3 is 1. The lowest BCUT2D eigenvalue weighted by atomic mass is 9.89. The molecule has 0 bridgehead atoms. The molecule has 4 nitrogen and oxygen atoms in total. The van der Waals surface area contributed by atoms with Gasteiger partial charge < -0.3 is 14.8 Å². The Morgan fingerprint density at radius 1 is 1.47 bits per heavy atom. The molecule has 1 aromatic rings. The monoisotopic (exact) mass is 264 g/mol. The Balaban J connectivity index is 2.19. The van der Waals surface area contributed by atoms with Gasteiger partial charge >= 0.3 is 0 Å². The van der Waals surface area contributed by atoms with Crippen molar-refractivity contribution in [2.45, 2.75) is 32.2 Å². The highest BCUT2D eigenvalue weighted by atomic mass is 16.5. The van der Waals surface area contributed by atoms with Gasteiger partial charge in [-0.3, -0.25) is 4.98 Å². The highest BCUT2D eigenvalue weighted by Gasteiger charge is 2.28. The van der Waals surface area contributed by atoms with Crippen molar-refractivity contribution in [2.24, 2.45) is 5.92 Å². The Morgan fingerprint density at radius 3 is 2.95 bits per heavy atom. The molecule has 0 aliphatic carbocycles. The molecule has 4 heteroatoms. The number of aromatic nitrogens is 1. The van der Waals surface area contributed by atoms with Crippen molar-refractivity contribution >= 4 is 0 Å². The van der Waals surface area contributed by atoms with E-state index in [-0.39, 0.29) is 6.04 Å². The van der Waals surface area contributed by atoms with E-state index in [9.17, 15) is 0 Å². The third-order valence-electron chi connectivity index (χ3n) is 3.67. The smallest absolute Gasteiger partial charge is 0.141 e. The van der Waals surface area contributed by atoms with E-state index in [1.807, 2.05) is 18.3 Å². The van der Waals surface area contributed by atoms with Crippen LogP contribution in [-0.4, -0.2) is 31.9 Å². The Hall–Kier alpha value is -1.13. The molecule has 2 rings (SSSR count). The second kappa shape index (κ2) is 7.46.